The fourth-order valence-corrected chi connectivity index (χ4v) is 2.17. The van der Waals surface area contributed by atoms with Gasteiger partial charge in [-0.1, -0.05) is 29.3 Å². The molecule has 0 aromatic heterocycles. The minimum Gasteiger partial charge on any atom is -0.480 e. The van der Waals surface area contributed by atoms with Crippen LogP contribution in [0.4, 0.5) is 0 Å². The van der Waals surface area contributed by atoms with E-state index in [1.807, 2.05) is 0 Å². The number of aliphatic carboxylic acids is 1. The number of benzene rings is 1. The highest BCUT2D eigenvalue weighted by molar-refractivity contribution is 6.35. The van der Waals surface area contributed by atoms with Crippen molar-refractivity contribution in [1.82, 2.24) is 4.90 Å². The molecule has 0 atom stereocenters. The lowest BCUT2D eigenvalue weighted by Gasteiger charge is -2.18. The van der Waals surface area contributed by atoms with Crippen LogP contribution in [-0.4, -0.2) is 35.0 Å². The molecule has 0 spiro atoms. The zero-order valence-corrected chi connectivity index (χ0v) is 12.0. The minimum atomic E-state index is -1.01. The second-order valence-corrected chi connectivity index (χ2v) is 4.88. The molecule has 1 rings (SSSR count). The minimum absolute atomic E-state index is 0.198. The number of carbonyl (C=O) groups excluding carboxylic acids is 1. The van der Waals surface area contributed by atoms with Gasteiger partial charge in [-0.25, -0.2) is 0 Å². The lowest BCUT2D eigenvalue weighted by molar-refractivity contribution is -0.144. The molecule has 4 nitrogen and oxygen atoms in total. The van der Waals surface area contributed by atoms with Crippen LogP contribution in [0.1, 0.15) is 18.9 Å². The summed E-state index contributed by atoms with van der Waals surface area (Å²) in [5.41, 5.74) is 0.825. The van der Waals surface area contributed by atoms with Gasteiger partial charge in [-0.2, -0.15) is 0 Å². The van der Waals surface area contributed by atoms with Crippen LogP contribution in [-0.2, 0) is 16.0 Å². The van der Waals surface area contributed by atoms with Gasteiger partial charge in [0.2, 0.25) is 5.91 Å². The van der Waals surface area contributed by atoms with Crippen LogP contribution in [0.5, 0.6) is 0 Å². The summed E-state index contributed by atoms with van der Waals surface area (Å²) in [7, 11) is 0. The summed E-state index contributed by atoms with van der Waals surface area (Å²) in [5.74, 6) is -1.21. The van der Waals surface area contributed by atoms with Crippen LogP contribution in [0, 0.1) is 0 Å². The van der Waals surface area contributed by atoms with E-state index in [9.17, 15) is 9.59 Å². The number of nitrogens with zero attached hydrogens (tertiary/aromatic N) is 1. The van der Waals surface area contributed by atoms with Crippen molar-refractivity contribution in [1.29, 1.82) is 0 Å². The maximum Gasteiger partial charge on any atom is 0.323 e. The number of carboxylic acid groups (broad SMARTS) is 1. The van der Waals surface area contributed by atoms with Gasteiger partial charge < -0.3 is 10.0 Å². The summed E-state index contributed by atoms with van der Waals surface area (Å²) >= 11 is 11.8. The average molecular weight is 304 g/mol. The fourth-order valence-electron chi connectivity index (χ4n) is 1.66. The van der Waals surface area contributed by atoms with Crippen molar-refractivity contribution in [2.75, 3.05) is 13.1 Å². The Kier molecular flexibility index (Phi) is 6.12. The number of amides is 1. The summed E-state index contributed by atoms with van der Waals surface area (Å²) < 4.78 is 0. The standard InChI is InChI=1S/C13H15Cl2NO3/c1-2-16(8-13(18)19)12(17)6-4-9-3-5-10(14)7-11(9)15/h3,5,7H,2,4,6,8H2,1H3,(H,18,19). The Morgan fingerprint density at radius 2 is 2.00 bits per heavy atom. The number of rotatable bonds is 6. The van der Waals surface area contributed by atoms with Crippen molar-refractivity contribution in [2.24, 2.45) is 0 Å². The van der Waals surface area contributed by atoms with Crippen LogP contribution in [0.15, 0.2) is 18.2 Å². The van der Waals surface area contributed by atoms with Gasteiger partial charge in [0, 0.05) is 23.0 Å². The Labute approximate surface area is 121 Å². The van der Waals surface area contributed by atoms with Crippen molar-refractivity contribution in [3.8, 4) is 0 Å². The maximum atomic E-state index is 11.9. The molecule has 0 saturated heterocycles. The van der Waals surface area contributed by atoms with Crippen molar-refractivity contribution in [3.63, 3.8) is 0 Å². The second-order valence-electron chi connectivity index (χ2n) is 4.04. The van der Waals surface area contributed by atoms with E-state index in [4.69, 9.17) is 28.3 Å². The number of likely N-dealkylation sites (N-methyl/N-ethyl adjacent to an activating group) is 1. The lowest BCUT2D eigenvalue weighted by Crippen LogP contribution is -2.35. The fraction of sp³-hybridized carbons (Fsp3) is 0.385. The Morgan fingerprint density at radius 1 is 1.32 bits per heavy atom. The lowest BCUT2D eigenvalue weighted by atomic mass is 10.1. The van der Waals surface area contributed by atoms with Crippen molar-refractivity contribution < 1.29 is 14.7 Å². The van der Waals surface area contributed by atoms with Crippen LogP contribution in [0.25, 0.3) is 0 Å². The number of hydrogen-bond acceptors (Lipinski definition) is 2. The van der Waals surface area contributed by atoms with E-state index in [1.165, 1.54) is 4.90 Å². The summed E-state index contributed by atoms with van der Waals surface area (Å²) in [5, 5.41) is 9.75. The van der Waals surface area contributed by atoms with Gasteiger partial charge in [0.15, 0.2) is 0 Å². The molecule has 0 aliphatic rings. The van der Waals surface area contributed by atoms with Gasteiger partial charge >= 0.3 is 5.97 Å². The summed E-state index contributed by atoms with van der Waals surface area (Å²) in [6, 6.07) is 5.10. The Morgan fingerprint density at radius 3 is 2.53 bits per heavy atom. The van der Waals surface area contributed by atoms with Crippen molar-refractivity contribution in [2.45, 2.75) is 19.8 Å². The Hall–Kier alpha value is -1.26. The zero-order chi connectivity index (χ0) is 14.4. The van der Waals surface area contributed by atoms with Crippen LogP contribution >= 0.6 is 23.2 Å². The molecule has 1 N–H and O–H groups in total. The molecule has 104 valence electrons. The molecular formula is C13H15Cl2NO3. The molecule has 1 amide bonds. The molecule has 6 heteroatoms. The first kappa shape index (κ1) is 15.8. The van der Waals surface area contributed by atoms with Crippen LogP contribution in [0.2, 0.25) is 10.0 Å². The number of carbonyl (C=O) groups is 2. The summed E-state index contributed by atoms with van der Waals surface area (Å²) in [6.45, 7) is 1.85. The van der Waals surface area contributed by atoms with Crippen molar-refractivity contribution in [3.05, 3.63) is 33.8 Å². The SMILES string of the molecule is CCN(CC(=O)O)C(=O)CCc1ccc(Cl)cc1Cl. The summed E-state index contributed by atoms with van der Waals surface area (Å²) in [4.78, 5) is 23.8. The smallest absolute Gasteiger partial charge is 0.323 e. The van der Waals surface area contributed by atoms with Gasteiger partial charge in [0.1, 0.15) is 6.54 Å². The Bertz CT molecular complexity index is 477. The molecule has 0 aliphatic heterocycles. The first-order valence-corrected chi connectivity index (χ1v) is 6.63. The van der Waals surface area contributed by atoms with Crippen LogP contribution in [0.3, 0.4) is 0 Å². The first-order chi connectivity index (χ1) is 8.93. The third kappa shape index (κ3) is 5.09. The van der Waals surface area contributed by atoms with Gasteiger partial charge in [-0.05, 0) is 31.0 Å². The molecule has 1 aromatic rings. The highest BCUT2D eigenvalue weighted by atomic mass is 35.5. The van der Waals surface area contributed by atoms with E-state index in [0.29, 0.717) is 23.0 Å². The summed E-state index contributed by atoms with van der Waals surface area (Å²) in [6.07, 6.45) is 0.688. The van der Waals surface area contributed by atoms with Gasteiger partial charge in [0.05, 0.1) is 0 Å². The van der Waals surface area contributed by atoms with Gasteiger partial charge in [-0.3, -0.25) is 9.59 Å². The highest BCUT2D eigenvalue weighted by Gasteiger charge is 2.15. The van der Waals surface area contributed by atoms with Crippen LogP contribution < -0.4 is 0 Å². The largest absolute Gasteiger partial charge is 0.480 e. The quantitative estimate of drug-likeness (QED) is 0.879. The number of aryl methyl sites for hydroxylation is 1. The molecule has 1 aromatic carbocycles. The molecular weight excluding hydrogens is 289 g/mol. The maximum absolute atomic E-state index is 11.9. The van der Waals surface area contributed by atoms with E-state index in [-0.39, 0.29) is 18.9 Å². The third-order valence-corrected chi connectivity index (χ3v) is 3.27. The predicted octanol–water partition coefficient (Wildman–Crippen LogP) is 2.86. The van der Waals surface area contributed by atoms with Gasteiger partial charge in [0.25, 0.3) is 0 Å². The van der Waals surface area contributed by atoms with Gasteiger partial charge in [-0.15, -0.1) is 0 Å². The molecule has 0 aliphatic carbocycles. The molecule has 0 radical (unpaired) electrons. The molecule has 0 fully saturated rings. The highest BCUT2D eigenvalue weighted by Crippen LogP contribution is 2.22. The van der Waals surface area contributed by atoms with E-state index < -0.39 is 5.97 Å². The average Bonchev–Trinajstić information content (AvgIpc) is 2.34. The molecule has 0 unspecified atom stereocenters. The molecule has 19 heavy (non-hydrogen) atoms. The van der Waals surface area contributed by atoms with E-state index in [1.54, 1.807) is 25.1 Å². The zero-order valence-electron chi connectivity index (χ0n) is 10.5. The third-order valence-electron chi connectivity index (χ3n) is 2.68. The number of halogens is 2. The second kappa shape index (κ2) is 7.36. The van der Waals surface area contributed by atoms with E-state index in [0.717, 1.165) is 5.56 Å². The first-order valence-electron chi connectivity index (χ1n) is 5.87. The number of hydrogen-bond donors (Lipinski definition) is 1. The van der Waals surface area contributed by atoms with E-state index in [2.05, 4.69) is 0 Å². The monoisotopic (exact) mass is 303 g/mol. The molecule has 0 bridgehead atoms. The predicted molar refractivity (Wildman–Crippen MR) is 74.7 cm³/mol. The molecule has 0 saturated carbocycles. The molecule has 0 heterocycles. The van der Waals surface area contributed by atoms with E-state index >= 15 is 0 Å². The number of carboxylic acids is 1. The topological polar surface area (TPSA) is 57.6 Å². The normalized spacial score (nSPS) is 10.3. The van der Waals surface area contributed by atoms with Crippen molar-refractivity contribution >= 4 is 35.1 Å². The Balaban J connectivity index is 2.60.